The molecule has 1 amide bonds. The van der Waals surface area contributed by atoms with E-state index in [0.717, 1.165) is 28.0 Å². The molecule has 0 saturated carbocycles. The fourth-order valence-corrected chi connectivity index (χ4v) is 3.19. The highest BCUT2D eigenvalue weighted by Crippen LogP contribution is 2.31. The highest BCUT2D eigenvalue weighted by atomic mass is 16.5. The van der Waals surface area contributed by atoms with Crippen molar-refractivity contribution in [1.29, 1.82) is 0 Å². The van der Waals surface area contributed by atoms with Gasteiger partial charge in [0.1, 0.15) is 5.75 Å². The normalized spacial score (nSPS) is 10.8. The highest BCUT2D eigenvalue weighted by molar-refractivity contribution is 6.03. The van der Waals surface area contributed by atoms with Gasteiger partial charge in [0, 0.05) is 41.4 Å². The maximum absolute atomic E-state index is 11.8. The quantitative estimate of drug-likeness (QED) is 0.557. The number of amides is 1. The number of nitrogens with zero attached hydrogens (tertiary/aromatic N) is 3. The van der Waals surface area contributed by atoms with E-state index in [1.54, 1.807) is 29.2 Å². The Morgan fingerprint density at radius 2 is 2.04 bits per heavy atom. The van der Waals surface area contributed by atoms with Gasteiger partial charge < -0.3 is 15.8 Å². The summed E-state index contributed by atoms with van der Waals surface area (Å²) in [6, 6.07) is 13.3. The second-order valence-corrected chi connectivity index (χ2v) is 6.43. The number of primary amides is 1. The first-order chi connectivity index (χ1) is 13.5. The summed E-state index contributed by atoms with van der Waals surface area (Å²) in [7, 11) is 1.50. The molecule has 0 fully saturated rings. The summed E-state index contributed by atoms with van der Waals surface area (Å²) in [6.45, 7) is 2.03. The molecule has 0 aliphatic rings. The molecule has 0 aliphatic heterocycles. The van der Waals surface area contributed by atoms with Crippen LogP contribution in [-0.4, -0.2) is 27.8 Å². The second-order valence-electron chi connectivity index (χ2n) is 6.43. The lowest BCUT2D eigenvalue weighted by Gasteiger charge is -2.14. The summed E-state index contributed by atoms with van der Waals surface area (Å²) in [6.07, 6.45) is 5.34. The minimum atomic E-state index is -0.551. The first kappa shape index (κ1) is 17.5. The molecule has 0 unspecified atom stereocenters. The van der Waals surface area contributed by atoms with E-state index in [9.17, 15) is 4.79 Å². The smallest absolute Gasteiger partial charge is 0.252 e. The lowest BCUT2D eigenvalue weighted by Crippen LogP contribution is -2.12. The number of methoxy groups -OCH3 is 1. The molecule has 2 aromatic heterocycles. The summed E-state index contributed by atoms with van der Waals surface area (Å²) in [5, 5.41) is 8.49. The summed E-state index contributed by atoms with van der Waals surface area (Å²) >= 11 is 0. The number of pyridine rings is 1. The lowest BCUT2D eigenvalue weighted by molar-refractivity contribution is 0.0997. The van der Waals surface area contributed by atoms with E-state index in [-0.39, 0.29) is 0 Å². The number of hydrogen-bond donors (Lipinski definition) is 2. The van der Waals surface area contributed by atoms with Gasteiger partial charge in [-0.3, -0.25) is 9.78 Å². The molecule has 0 aliphatic carbocycles. The second kappa shape index (κ2) is 7.03. The molecular weight excluding hydrogens is 354 g/mol. The van der Waals surface area contributed by atoms with Crippen LogP contribution in [0.3, 0.4) is 0 Å². The fourth-order valence-electron chi connectivity index (χ4n) is 3.19. The van der Waals surface area contributed by atoms with E-state index in [1.165, 1.54) is 7.11 Å². The molecular formula is C21H19N5O2. The Morgan fingerprint density at radius 3 is 2.75 bits per heavy atom. The molecule has 0 radical (unpaired) electrons. The van der Waals surface area contributed by atoms with Crippen LogP contribution in [0.5, 0.6) is 5.75 Å². The summed E-state index contributed by atoms with van der Waals surface area (Å²) in [5.41, 5.74) is 10.3. The Balaban J connectivity index is 1.80. The molecule has 4 aromatic rings. The number of hydrogen-bond acceptors (Lipinski definition) is 5. The maximum atomic E-state index is 11.8. The molecule has 4 rings (SSSR count). The summed E-state index contributed by atoms with van der Waals surface area (Å²) in [5.74, 6) is -0.147. The number of anilines is 2. The lowest BCUT2D eigenvalue weighted by atomic mass is 10.1. The molecule has 2 heterocycles. The van der Waals surface area contributed by atoms with Gasteiger partial charge in [-0.25, -0.2) is 4.68 Å². The zero-order valence-corrected chi connectivity index (χ0v) is 15.5. The van der Waals surface area contributed by atoms with E-state index in [1.807, 2.05) is 37.4 Å². The molecule has 2 aromatic carbocycles. The first-order valence-corrected chi connectivity index (χ1v) is 8.70. The van der Waals surface area contributed by atoms with Crippen LogP contribution in [0.25, 0.3) is 16.6 Å². The van der Waals surface area contributed by atoms with Gasteiger partial charge in [0.05, 0.1) is 23.9 Å². The molecule has 140 valence electrons. The van der Waals surface area contributed by atoms with Crippen molar-refractivity contribution in [3.8, 4) is 11.4 Å². The van der Waals surface area contributed by atoms with Crippen molar-refractivity contribution in [2.45, 2.75) is 6.92 Å². The molecule has 3 N–H and O–H groups in total. The number of carbonyl (C=O) groups is 1. The zero-order chi connectivity index (χ0) is 19.7. The zero-order valence-electron chi connectivity index (χ0n) is 15.5. The van der Waals surface area contributed by atoms with Gasteiger partial charge in [-0.05, 0) is 48.9 Å². The third-order valence-corrected chi connectivity index (χ3v) is 4.44. The van der Waals surface area contributed by atoms with E-state index in [0.29, 0.717) is 16.8 Å². The number of nitrogens with one attached hydrogen (secondary N) is 1. The monoisotopic (exact) mass is 373 g/mol. The molecule has 0 atom stereocenters. The van der Waals surface area contributed by atoms with Crippen LogP contribution in [0.4, 0.5) is 11.4 Å². The van der Waals surface area contributed by atoms with Gasteiger partial charge in [0.15, 0.2) is 0 Å². The van der Waals surface area contributed by atoms with Crippen molar-refractivity contribution in [2.75, 3.05) is 12.4 Å². The predicted octanol–water partition coefficient (Wildman–Crippen LogP) is 3.58. The van der Waals surface area contributed by atoms with Gasteiger partial charge >= 0.3 is 0 Å². The molecule has 28 heavy (non-hydrogen) atoms. The van der Waals surface area contributed by atoms with Crippen LogP contribution in [0, 0.1) is 6.92 Å². The third kappa shape index (κ3) is 3.25. The number of carbonyl (C=O) groups excluding carboxylic acids is 1. The number of fused-ring (bicyclic) bond motifs is 1. The molecule has 7 heteroatoms. The Labute approximate surface area is 161 Å². The number of ether oxygens (including phenoxy) is 1. The molecule has 0 saturated heterocycles. The molecule has 7 nitrogen and oxygen atoms in total. The van der Waals surface area contributed by atoms with Crippen LogP contribution < -0.4 is 15.8 Å². The van der Waals surface area contributed by atoms with Gasteiger partial charge in [0.2, 0.25) is 0 Å². The average molecular weight is 373 g/mol. The van der Waals surface area contributed by atoms with Crippen LogP contribution in [0.15, 0.2) is 61.1 Å². The van der Waals surface area contributed by atoms with Crippen LogP contribution in [-0.2, 0) is 0 Å². The van der Waals surface area contributed by atoms with E-state index < -0.39 is 5.91 Å². The number of rotatable bonds is 5. The maximum Gasteiger partial charge on any atom is 0.252 e. The average Bonchev–Trinajstić information content (AvgIpc) is 3.21. The van der Waals surface area contributed by atoms with E-state index >= 15 is 0 Å². The van der Waals surface area contributed by atoms with Gasteiger partial charge in [0.25, 0.3) is 5.91 Å². The molecule has 0 spiro atoms. The topological polar surface area (TPSA) is 95.1 Å². The third-order valence-electron chi connectivity index (χ3n) is 4.44. The Hall–Kier alpha value is -3.87. The largest absolute Gasteiger partial charge is 0.496 e. The van der Waals surface area contributed by atoms with Crippen LogP contribution in [0.2, 0.25) is 0 Å². The van der Waals surface area contributed by atoms with Crippen molar-refractivity contribution in [3.63, 3.8) is 0 Å². The number of aromatic nitrogens is 3. The Kier molecular flexibility index (Phi) is 4.41. The van der Waals surface area contributed by atoms with Crippen molar-refractivity contribution >= 4 is 28.2 Å². The number of benzene rings is 2. The predicted molar refractivity (Wildman–Crippen MR) is 108 cm³/mol. The minimum Gasteiger partial charge on any atom is -0.496 e. The number of nitrogens with two attached hydrogens (primary N) is 1. The summed E-state index contributed by atoms with van der Waals surface area (Å²) in [4.78, 5) is 16.2. The fraction of sp³-hybridized carbons (Fsp3) is 0.0952. The summed E-state index contributed by atoms with van der Waals surface area (Å²) < 4.78 is 7.08. The van der Waals surface area contributed by atoms with E-state index in [4.69, 9.17) is 10.5 Å². The van der Waals surface area contributed by atoms with Crippen molar-refractivity contribution in [2.24, 2.45) is 5.73 Å². The minimum absolute atomic E-state index is 0.313. The van der Waals surface area contributed by atoms with Crippen LogP contribution in [0.1, 0.15) is 15.9 Å². The number of aryl methyl sites for hydroxylation is 1. The van der Waals surface area contributed by atoms with Crippen molar-refractivity contribution in [1.82, 2.24) is 14.8 Å². The van der Waals surface area contributed by atoms with Crippen LogP contribution >= 0.6 is 0 Å². The van der Waals surface area contributed by atoms with E-state index in [2.05, 4.69) is 21.5 Å². The highest BCUT2D eigenvalue weighted by Gasteiger charge is 2.13. The van der Waals surface area contributed by atoms with Gasteiger partial charge in [-0.1, -0.05) is 0 Å². The van der Waals surface area contributed by atoms with Gasteiger partial charge in [-0.15, -0.1) is 0 Å². The first-order valence-electron chi connectivity index (χ1n) is 8.70. The van der Waals surface area contributed by atoms with Crippen molar-refractivity contribution in [3.05, 3.63) is 72.2 Å². The van der Waals surface area contributed by atoms with Gasteiger partial charge in [-0.2, -0.15) is 5.10 Å². The molecule has 0 bridgehead atoms. The Bertz CT molecular complexity index is 1170. The Morgan fingerprint density at radius 1 is 1.18 bits per heavy atom. The van der Waals surface area contributed by atoms with Crippen molar-refractivity contribution < 1.29 is 9.53 Å². The SMILES string of the molecule is COc1cc2nccc(Nc3cc(C)cc(-n4cccn4)c3)c2cc1C(N)=O. The standard InChI is InChI=1S/C21H19N5O2/c1-13-8-14(10-15(9-13)26-7-3-5-24-26)25-18-4-6-23-19-12-20(28-2)17(21(22)27)11-16(18)19/h3-12H,1-2H3,(H2,22,27)(H,23,25).